The summed E-state index contributed by atoms with van der Waals surface area (Å²) in [5.41, 5.74) is 2.09. The maximum absolute atomic E-state index is 5.96. The molecule has 3 nitrogen and oxygen atoms in total. The highest BCUT2D eigenvalue weighted by Gasteiger charge is 2.20. The zero-order valence-electron chi connectivity index (χ0n) is 10.6. The summed E-state index contributed by atoms with van der Waals surface area (Å²) >= 11 is 5.96. The maximum Gasteiger partial charge on any atom is 0.160 e. The van der Waals surface area contributed by atoms with Crippen LogP contribution in [0.2, 0.25) is 0 Å². The number of halogens is 1. The van der Waals surface area contributed by atoms with Crippen LogP contribution in [0.4, 0.5) is 0 Å². The van der Waals surface area contributed by atoms with E-state index in [1.54, 1.807) is 6.20 Å². The van der Waals surface area contributed by atoms with Gasteiger partial charge in [0.25, 0.3) is 0 Å². The van der Waals surface area contributed by atoms with Crippen LogP contribution in [0.3, 0.4) is 0 Å². The largest absolute Gasteiger partial charge is 0.311 e. The van der Waals surface area contributed by atoms with Crippen LogP contribution in [0.15, 0.2) is 18.3 Å². The Morgan fingerprint density at radius 1 is 1.41 bits per heavy atom. The van der Waals surface area contributed by atoms with Gasteiger partial charge in [0.05, 0.1) is 5.88 Å². The molecule has 0 saturated carbocycles. The van der Waals surface area contributed by atoms with Gasteiger partial charge in [-0.3, -0.25) is 0 Å². The normalized spacial score (nSPS) is 12.2. The standard InChI is InChI=1S/C13H18ClN3/c1-4-13(2,3)9-17-11(8-14)16-10-6-5-7-15-12(10)17/h5-7H,4,8-9H2,1-3H3. The van der Waals surface area contributed by atoms with Crippen molar-refractivity contribution in [1.82, 2.24) is 14.5 Å². The van der Waals surface area contributed by atoms with Crippen molar-refractivity contribution in [2.24, 2.45) is 5.41 Å². The molecule has 0 fully saturated rings. The molecule has 4 heteroatoms. The predicted molar refractivity (Wildman–Crippen MR) is 71.2 cm³/mol. The van der Waals surface area contributed by atoms with Crippen molar-refractivity contribution in [3.63, 3.8) is 0 Å². The third kappa shape index (κ3) is 2.44. The third-order valence-electron chi connectivity index (χ3n) is 3.25. The number of fused-ring (bicyclic) bond motifs is 1. The number of pyridine rings is 1. The predicted octanol–water partition coefficient (Wildman–Crippen LogP) is 3.61. The van der Waals surface area contributed by atoms with Gasteiger partial charge >= 0.3 is 0 Å². The van der Waals surface area contributed by atoms with E-state index in [2.05, 4.69) is 35.3 Å². The second-order valence-electron chi connectivity index (χ2n) is 5.11. The molecule has 0 aromatic carbocycles. The summed E-state index contributed by atoms with van der Waals surface area (Å²) in [5, 5.41) is 0. The first-order chi connectivity index (χ1) is 8.07. The summed E-state index contributed by atoms with van der Waals surface area (Å²) in [6.45, 7) is 7.60. The molecule has 0 amide bonds. The van der Waals surface area contributed by atoms with Gasteiger partial charge in [-0.05, 0) is 24.0 Å². The smallest absolute Gasteiger partial charge is 0.160 e. The molecular formula is C13H18ClN3. The minimum absolute atomic E-state index is 0.228. The summed E-state index contributed by atoms with van der Waals surface area (Å²) in [4.78, 5) is 8.93. The zero-order valence-corrected chi connectivity index (χ0v) is 11.3. The Morgan fingerprint density at radius 2 is 2.18 bits per heavy atom. The fourth-order valence-electron chi connectivity index (χ4n) is 1.81. The number of hydrogen-bond donors (Lipinski definition) is 0. The number of imidazole rings is 1. The molecule has 0 aliphatic heterocycles. The van der Waals surface area contributed by atoms with Gasteiger partial charge in [0.1, 0.15) is 11.3 Å². The number of rotatable bonds is 4. The number of hydrogen-bond acceptors (Lipinski definition) is 2. The van der Waals surface area contributed by atoms with E-state index in [9.17, 15) is 0 Å². The Morgan fingerprint density at radius 3 is 2.82 bits per heavy atom. The lowest BCUT2D eigenvalue weighted by molar-refractivity contribution is 0.294. The third-order valence-corrected chi connectivity index (χ3v) is 3.48. The summed E-state index contributed by atoms with van der Waals surface area (Å²) in [7, 11) is 0. The van der Waals surface area contributed by atoms with E-state index in [4.69, 9.17) is 11.6 Å². The fourth-order valence-corrected chi connectivity index (χ4v) is 2.02. The minimum atomic E-state index is 0.228. The Labute approximate surface area is 107 Å². The molecule has 0 aliphatic carbocycles. The Kier molecular flexibility index (Phi) is 3.38. The van der Waals surface area contributed by atoms with E-state index in [0.717, 1.165) is 30.0 Å². The highest BCUT2D eigenvalue weighted by molar-refractivity contribution is 6.16. The molecule has 92 valence electrons. The van der Waals surface area contributed by atoms with Gasteiger partial charge in [0, 0.05) is 12.7 Å². The molecule has 17 heavy (non-hydrogen) atoms. The second kappa shape index (κ2) is 4.65. The molecule has 0 N–H and O–H groups in total. The van der Waals surface area contributed by atoms with Gasteiger partial charge in [-0.2, -0.15) is 0 Å². The van der Waals surface area contributed by atoms with Crippen molar-refractivity contribution in [1.29, 1.82) is 0 Å². The van der Waals surface area contributed by atoms with Crippen molar-refractivity contribution in [3.05, 3.63) is 24.2 Å². The van der Waals surface area contributed by atoms with E-state index in [-0.39, 0.29) is 5.41 Å². The molecule has 0 spiro atoms. The Hall–Kier alpha value is -1.09. The molecule has 2 rings (SSSR count). The fraction of sp³-hybridized carbons (Fsp3) is 0.538. The van der Waals surface area contributed by atoms with Crippen molar-refractivity contribution < 1.29 is 0 Å². The molecule has 2 aromatic heterocycles. The van der Waals surface area contributed by atoms with Crippen LogP contribution in [0, 0.1) is 5.41 Å². The van der Waals surface area contributed by atoms with Gasteiger partial charge in [-0.15, -0.1) is 11.6 Å². The van der Waals surface area contributed by atoms with Crippen LogP contribution < -0.4 is 0 Å². The number of aromatic nitrogens is 3. The van der Waals surface area contributed by atoms with Crippen LogP contribution >= 0.6 is 11.6 Å². The van der Waals surface area contributed by atoms with Gasteiger partial charge in [-0.25, -0.2) is 9.97 Å². The average Bonchev–Trinajstić information content (AvgIpc) is 2.67. The molecular weight excluding hydrogens is 234 g/mol. The van der Waals surface area contributed by atoms with Gasteiger partial charge in [-0.1, -0.05) is 20.8 Å². The number of nitrogens with zero attached hydrogens (tertiary/aromatic N) is 3. The van der Waals surface area contributed by atoms with Crippen LogP contribution in [-0.4, -0.2) is 14.5 Å². The van der Waals surface area contributed by atoms with Crippen LogP contribution in [0.5, 0.6) is 0 Å². The van der Waals surface area contributed by atoms with Crippen molar-refractivity contribution in [3.8, 4) is 0 Å². The first-order valence-electron chi connectivity index (χ1n) is 5.93. The van der Waals surface area contributed by atoms with Crippen molar-refractivity contribution in [2.45, 2.75) is 39.6 Å². The topological polar surface area (TPSA) is 30.7 Å². The first kappa shape index (κ1) is 12.4. The Balaban J connectivity index is 2.50. The summed E-state index contributed by atoms with van der Waals surface area (Å²) in [6, 6.07) is 3.89. The van der Waals surface area contributed by atoms with E-state index < -0.39 is 0 Å². The minimum Gasteiger partial charge on any atom is -0.311 e. The summed E-state index contributed by atoms with van der Waals surface area (Å²) in [6.07, 6.45) is 2.92. The first-order valence-corrected chi connectivity index (χ1v) is 6.47. The number of alkyl halides is 1. The van der Waals surface area contributed by atoms with E-state index in [1.165, 1.54) is 0 Å². The lowest BCUT2D eigenvalue weighted by Crippen LogP contribution is -2.20. The zero-order chi connectivity index (χ0) is 12.5. The molecule has 0 radical (unpaired) electrons. The lowest BCUT2D eigenvalue weighted by atomic mass is 9.90. The quantitative estimate of drug-likeness (QED) is 0.778. The maximum atomic E-state index is 5.96. The molecule has 0 unspecified atom stereocenters. The van der Waals surface area contributed by atoms with E-state index in [1.807, 2.05) is 12.1 Å². The van der Waals surface area contributed by atoms with Crippen LogP contribution in [-0.2, 0) is 12.4 Å². The van der Waals surface area contributed by atoms with Gasteiger partial charge in [0.2, 0.25) is 0 Å². The van der Waals surface area contributed by atoms with E-state index >= 15 is 0 Å². The SMILES string of the molecule is CCC(C)(C)Cn1c(CCl)nc2cccnc21. The molecule has 0 bridgehead atoms. The summed E-state index contributed by atoms with van der Waals surface area (Å²) < 4.78 is 2.14. The van der Waals surface area contributed by atoms with Crippen LogP contribution in [0.1, 0.15) is 33.0 Å². The van der Waals surface area contributed by atoms with Crippen molar-refractivity contribution >= 4 is 22.8 Å². The highest BCUT2D eigenvalue weighted by atomic mass is 35.5. The molecule has 0 saturated heterocycles. The highest BCUT2D eigenvalue weighted by Crippen LogP contribution is 2.26. The second-order valence-corrected chi connectivity index (χ2v) is 5.38. The van der Waals surface area contributed by atoms with Crippen molar-refractivity contribution in [2.75, 3.05) is 0 Å². The van der Waals surface area contributed by atoms with Gasteiger partial charge in [0.15, 0.2) is 5.65 Å². The monoisotopic (exact) mass is 251 g/mol. The average molecular weight is 252 g/mol. The molecule has 0 aliphatic rings. The Bertz CT molecular complexity index is 516. The van der Waals surface area contributed by atoms with Crippen LogP contribution in [0.25, 0.3) is 11.2 Å². The lowest BCUT2D eigenvalue weighted by Gasteiger charge is -2.24. The molecule has 0 atom stereocenters. The molecule has 2 aromatic rings. The van der Waals surface area contributed by atoms with Gasteiger partial charge < -0.3 is 4.57 Å². The summed E-state index contributed by atoms with van der Waals surface area (Å²) in [5.74, 6) is 1.33. The molecule has 2 heterocycles. The van der Waals surface area contributed by atoms with E-state index in [0.29, 0.717) is 5.88 Å².